The zero-order valence-corrected chi connectivity index (χ0v) is 10.6. The fraction of sp³-hybridized carbons (Fsp3) is 0.462. The summed E-state index contributed by atoms with van der Waals surface area (Å²) in [6.07, 6.45) is -2.10. The molecule has 6 heteroatoms. The normalized spacial score (nSPS) is 10.7. The largest absolute Gasteiger partial charge is 0.399 e. The van der Waals surface area contributed by atoms with E-state index in [1.54, 1.807) is 24.3 Å². The molecule has 4 nitrogen and oxygen atoms in total. The van der Waals surface area contributed by atoms with Gasteiger partial charge in [-0.1, -0.05) is 18.2 Å². The van der Waals surface area contributed by atoms with Gasteiger partial charge in [-0.05, 0) is 18.1 Å². The summed E-state index contributed by atoms with van der Waals surface area (Å²) in [5, 5.41) is 8.77. The number of benzene rings is 1. The van der Waals surface area contributed by atoms with Crippen LogP contribution in [0.15, 0.2) is 24.3 Å². The first-order valence-corrected chi connectivity index (χ1v) is 6.04. The van der Waals surface area contributed by atoms with Crippen LogP contribution in [0.25, 0.3) is 0 Å². The van der Waals surface area contributed by atoms with E-state index in [0.717, 1.165) is 10.5 Å². The lowest BCUT2D eigenvalue weighted by atomic mass is 10.1. The number of alkyl halides is 2. The molecule has 0 radical (unpaired) electrons. The molecule has 0 spiro atoms. The van der Waals surface area contributed by atoms with Gasteiger partial charge >= 0.3 is 0 Å². The van der Waals surface area contributed by atoms with Crippen LogP contribution in [-0.4, -0.2) is 42.0 Å². The number of nitrogen functional groups attached to an aromatic ring is 1. The Balaban J connectivity index is 2.55. The van der Waals surface area contributed by atoms with Gasteiger partial charge in [-0.25, -0.2) is 8.78 Å². The molecule has 0 saturated carbocycles. The van der Waals surface area contributed by atoms with Crippen LogP contribution in [0, 0.1) is 0 Å². The van der Waals surface area contributed by atoms with E-state index in [2.05, 4.69) is 0 Å². The maximum atomic E-state index is 12.3. The predicted molar refractivity (Wildman–Crippen MR) is 68.8 cm³/mol. The van der Waals surface area contributed by atoms with Gasteiger partial charge in [0.25, 0.3) is 6.43 Å². The van der Waals surface area contributed by atoms with Crippen LogP contribution in [0.5, 0.6) is 0 Å². The minimum atomic E-state index is -2.60. The highest BCUT2D eigenvalue weighted by atomic mass is 19.3. The maximum Gasteiger partial charge on any atom is 0.255 e. The zero-order chi connectivity index (χ0) is 14.3. The van der Waals surface area contributed by atoms with Crippen LogP contribution in [0.4, 0.5) is 14.5 Å². The number of aryl methyl sites for hydroxylation is 1. The quantitative estimate of drug-likeness (QED) is 0.735. The molecular weight excluding hydrogens is 254 g/mol. The number of aliphatic hydroxyl groups is 1. The van der Waals surface area contributed by atoms with Crippen LogP contribution in [-0.2, 0) is 11.2 Å². The Morgan fingerprint density at radius 2 is 2.05 bits per heavy atom. The summed E-state index contributed by atoms with van der Waals surface area (Å²) in [6.45, 7) is -1.05. The minimum absolute atomic E-state index is 0.0759. The van der Waals surface area contributed by atoms with Crippen molar-refractivity contribution in [2.45, 2.75) is 19.3 Å². The smallest absolute Gasteiger partial charge is 0.255 e. The molecule has 106 valence electrons. The molecule has 0 aromatic heterocycles. The van der Waals surface area contributed by atoms with Crippen molar-refractivity contribution in [3.63, 3.8) is 0 Å². The molecule has 0 aliphatic heterocycles. The number of halogens is 2. The summed E-state index contributed by atoms with van der Waals surface area (Å²) in [6, 6.07) is 7.12. The first kappa shape index (κ1) is 15.4. The van der Waals surface area contributed by atoms with Gasteiger partial charge < -0.3 is 15.7 Å². The van der Waals surface area contributed by atoms with Gasteiger partial charge in [0.1, 0.15) is 0 Å². The van der Waals surface area contributed by atoms with Crippen molar-refractivity contribution in [3.8, 4) is 0 Å². The lowest BCUT2D eigenvalue weighted by molar-refractivity contribution is -0.133. The number of hydrogen-bond donors (Lipinski definition) is 2. The van der Waals surface area contributed by atoms with E-state index in [1.807, 2.05) is 0 Å². The Kier molecular flexibility index (Phi) is 6.21. The third-order valence-electron chi connectivity index (χ3n) is 2.74. The van der Waals surface area contributed by atoms with E-state index in [-0.39, 0.29) is 19.6 Å². The number of rotatable bonds is 7. The summed E-state index contributed by atoms with van der Waals surface area (Å²) < 4.78 is 24.6. The van der Waals surface area contributed by atoms with Gasteiger partial charge in [0, 0.05) is 18.7 Å². The summed E-state index contributed by atoms with van der Waals surface area (Å²) >= 11 is 0. The summed E-state index contributed by atoms with van der Waals surface area (Å²) in [5.74, 6) is -0.405. The second-order valence-corrected chi connectivity index (χ2v) is 4.15. The van der Waals surface area contributed by atoms with Crippen molar-refractivity contribution in [2.75, 3.05) is 25.4 Å². The lowest BCUT2D eigenvalue weighted by Crippen LogP contribution is -2.37. The molecule has 0 aliphatic rings. The first-order chi connectivity index (χ1) is 9.04. The molecule has 0 saturated heterocycles. The molecular formula is C13H18F2N2O2. The van der Waals surface area contributed by atoms with Crippen molar-refractivity contribution in [3.05, 3.63) is 29.8 Å². The molecule has 0 unspecified atom stereocenters. The first-order valence-electron chi connectivity index (χ1n) is 6.04. The molecule has 3 N–H and O–H groups in total. The molecule has 0 heterocycles. The standard InChI is InChI=1S/C13H18F2N2O2/c14-12(15)9-17(7-8-18)13(19)6-5-10-3-1-2-4-11(10)16/h1-4,12,18H,5-9,16H2. The fourth-order valence-electron chi connectivity index (χ4n) is 1.77. The van der Waals surface area contributed by atoms with Crippen molar-refractivity contribution in [1.82, 2.24) is 4.90 Å². The van der Waals surface area contributed by atoms with Gasteiger partial charge in [-0.2, -0.15) is 0 Å². The number of anilines is 1. The van der Waals surface area contributed by atoms with Crippen molar-refractivity contribution >= 4 is 11.6 Å². The monoisotopic (exact) mass is 272 g/mol. The van der Waals surface area contributed by atoms with Gasteiger partial charge in [0.05, 0.1) is 13.2 Å². The van der Waals surface area contributed by atoms with Crippen LogP contribution in [0.3, 0.4) is 0 Å². The third kappa shape index (κ3) is 5.21. The van der Waals surface area contributed by atoms with E-state index in [4.69, 9.17) is 10.8 Å². The summed E-state index contributed by atoms with van der Waals surface area (Å²) in [5.41, 5.74) is 7.14. The number of hydrogen-bond acceptors (Lipinski definition) is 3. The van der Waals surface area contributed by atoms with Crippen LogP contribution < -0.4 is 5.73 Å². The number of amides is 1. The van der Waals surface area contributed by atoms with E-state index in [0.29, 0.717) is 12.1 Å². The average Bonchev–Trinajstić information content (AvgIpc) is 2.36. The highest BCUT2D eigenvalue weighted by Crippen LogP contribution is 2.13. The molecule has 1 amide bonds. The maximum absolute atomic E-state index is 12.3. The topological polar surface area (TPSA) is 66.6 Å². The van der Waals surface area contributed by atoms with E-state index in [1.165, 1.54) is 0 Å². The molecule has 0 bridgehead atoms. The van der Waals surface area contributed by atoms with Crippen LogP contribution in [0.1, 0.15) is 12.0 Å². The number of nitrogens with two attached hydrogens (primary N) is 1. The number of nitrogens with zero attached hydrogens (tertiary/aromatic N) is 1. The summed E-state index contributed by atoms with van der Waals surface area (Å²) in [7, 11) is 0. The van der Waals surface area contributed by atoms with E-state index < -0.39 is 18.9 Å². The lowest BCUT2D eigenvalue weighted by Gasteiger charge is -2.21. The average molecular weight is 272 g/mol. The van der Waals surface area contributed by atoms with Crippen LogP contribution in [0.2, 0.25) is 0 Å². The van der Waals surface area contributed by atoms with Gasteiger partial charge in [-0.3, -0.25) is 4.79 Å². The Hall–Kier alpha value is -1.69. The molecule has 0 fully saturated rings. The predicted octanol–water partition coefficient (Wildman–Crippen LogP) is 1.29. The van der Waals surface area contributed by atoms with E-state index >= 15 is 0 Å². The number of aliphatic hydroxyl groups excluding tert-OH is 1. The number of carbonyl (C=O) groups excluding carboxylic acids is 1. The zero-order valence-electron chi connectivity index (χ0n) is 10.6. The third-order valence-corrected chi connectivity index (χ3v) is 2.74. The van der Waals surface area contributed by atoms with Gasteiger partial charge in [-0.15, -0.1) is 0 Å². The molecule has 19 heavy (non-hydrogen) atoms. The van der Waals surface area contributed by atoms with Crippen molar-refractivity contribution < 1.29 is 18.7 Å². The second-order valence-electron chi connectivity index (χ2n) is 4.15. The van der Waals surface area contributed by atoms with Crippen molar-refractivity contribution in [1.29, 1.82) is 0 Å². The van der Waals surface area contributed by atoms with E-state index in [9.17, 15) is 13.6 Å². The number of carbonyl (C=O) groups is 1. The Bertz CT molecular complexity index is 413. The van der Waals surface area contributed by atoms with Gasteiger partial charge in [0.2, 0.25) is 5.91 Å². The Labute approximate surface area is 110 Å². The molecule has 1 aromatic carbocycles. The van der Waals surface area contributed by atoms with Gasteiger partial charge in [0.15, 0.2) is 0 Å². The van der Waals surface area contributed by atoms with Crippen LogP contribution >= 0.6 is 0 Å². The molecule has 1 aromatic rings. The Morgan fingerprint density at radius 3 is 2.63 bits per heavy atom. The second kappa shape index (κ2) is 7.68. The molecule has 1 rings (SSSR count). The fourth-order valence-corrected chi connectivity index (χ4v) is 1.77. The molecule has 0 aliphatic carbocycles. The number of para-hydroxylation sites is 1. The highest BCUT2D eigenvalue weighted by Gasteiger charge is 2.17. The summed E-state index contributed by atoms with van der Waals surface area (Å²) in [4.78, 5) is 12.8. The Morgan fingerprint density at radius 1 is 1.37 bits per heavy atom. The highest BCUT2D eigenvalue weighted by molar-refractivity contribution is 5.76. The van der Waals surface area contributed by atoms with Crippen molar-refractivity contribution in [2.24, 2.45) is 0 Å². The minimum Gasteiger partial charge on any atom is -0.399 e. The SMILES string of the molecule is Nc1ccccc1CCC(=O)N(CCO)CC(F)F. The molecule has 0 atom stereocenters.